The standard InChI is InChI=1S/C17H17N3O3S2/c1-11-6-8-12(9-7-11)25(22,23)20-17(21)19-16-14(10-18)13-4-2-3-5-15(13)24-16/h6-9H,2-5H2,1H3,(H2,19,20,21). The molecule has 1 aromatic carbocycles. The van der Waals surface area contributed by atoms with Crippen LogP contribution in [-0.4, -0.2) is 14.4 Å². The van der Waals surface area contributed by atoms with Crippen molar-refractivity contribution >= 4 is 32.4 Å². The van der Waals surface area contributed by atoms with Gasteiger partial charge in [-0.2, -0.15) is 5.26 Å². The highest BCUT2D eigenvalue weighted by Crippen LogP contribution is 2.37. The zero-order valence-corrected chi connectivity index (χ0v) is 15.3. The molecule has 2 amide bonds. The molecule has 3 rings (SSSR count). The highest BCUT2D eigenvalue weighted by molar-refractivity contribution is 7.90. The van der Waals surface area contributed by atoms with Crippen molar-refractivity contribution < 1.29 is 13.2 Å². The average molecular weight is 375 g/mol. The van der Waals surface area contributed by atoms with Gasteiger partial charge < -0.3 is 0 Å². The van der Waals surface area contributed by atoms with E-state index in [1.165, 1.54) is 23.5 Å². The normalized spacial score (nSPS) is 13.6. The molecule has 0 saturated carbocycles. The minimum atomic E-state index is -3.96. The fourth-order valence-corrected chi connectivity index (χ4v) is 4.94. The molecule has 0 fully saturated rings. The lowest BCUT2D eigenvalue weighted by Gasteiger charge is -2.09. The minimum Gasteiger partial charge on any atom is -0.297 e. The Hall–Kier alpha value is -2.37. The second-order valence-corrected chi connectivity index (χ2v) is 8.69. The highest BCUT2D eigenvalue weighted by atomic mass is 32.2. The summed E-state index contributed by atoms with van der Waals surface area (Å²) in [5, 5.41) is 12.3. The van der Waals surface area contributed by atoms with E-state index in [-0.39, 0.29) is 4.90 Å². The van der Waals surface area contributed by atoms with Gasteiger partial charge in [0.1, 0.15) is 11.1 Å². The van der Waals surface area contributed by atoms with E-state index in [9.17, 15) is 18.5 Å². The van der Waals surface area contributed by atoms with E-state index in [4.69, 9.17) is 0 Å². The van der Waals surface area contributed by atoms with E-state index in [0.29, 0.717) is 10.6 Å². The summed E-state index contributed by atoms with van der Waals surface area (Å²) in [6.07, 6.45) is 3.79. The Bertz CT molecular complexity index is 954. The molecule has 0 bridgehead atoms. The highest BCUT2D eigenvalue weighted by Gasteiger charge is 2.23. The number of nitrogens with zero attached hydrogens (tertiary/aromatic N) is 1. The molecule has 0 aliphatic heterocycles. The lowest BCUT2D eigenvalue weighted by molar-refractivity contribution is 0.256. The van der Waals surface area contributed by atoms with Gasteiger partial charge in [-0.15, -0.1) is 11.3 Å². The van der Waals surface area contributed by atoms with Crippen LogP contribution in [0.4, 0.5) is 9.80 Å². The quantitative estimate of drug-likeness (QED) is 0.859. The van der Waals surface area contributed by atoms with Crippen LogP contribution in [-0.2, 0) is 22.9 Å². The second kappa shape index (κ2) is 6.86. The lowest BCUT2D eigenvalue weighted by atomic mass is 9.96. The summed E-state index contributed by atoms with van der Waals surface area (Å²) in [7, 11) is -3.96. The van der Waals surface area contributed by atoms with Crippen LogP contribution >= 0.6 is 11.3 Å². The molecule has 2 aromatic rings. The average Bonchev–Trinajstić information content (AvgIpc) is 2.91. The molecule has 0 saturated heterocycles. The van der Waals surface area contributed by atoms with Crippen LogP contribution in [0.25, 0.3) is 0 Å². The number of nitrogens with one attached hydrogen (secondary N) is 2. The Labute approximate surface area is 150 Å². The number of thiophene rings is 1. The van der Waals surface area contributed by atoms with Crippen LogP contribution in [0.15, 0.2) is 29.2 Å². The van der Waals surface area contributed by atoms with Crippen molar-refractivity contribution in [1.29, 1.82) is 5.26 Å². The summed E-state index contributed by atoms with van der Waals surface area (Å²) in [5.74, 6) is 0. The van der Waals surface area contributed by atoms with Crippen molar-refractivity contribution in [3.63, 3.8) is 0 Å². The third-order valence-corrected chi connectivity index (χ3v) is 6.62. The van der Waals surface area contributed by atoms with E-state index in [2.05, 4.69) is 11.4 Å². The first kappa shape index (κ1) is 17.5. The number of urea groups is 1. The van der Waals surface area contributed by atoms with Crippen LogP contribution in [0.3, 0.4) is 0 Å². The number of aryl methyl sites for hydroxylation is 2. The van der Waals surface area contributed by atoms with E-state index >= 15 is 0 Å². The molecule has 2 N–H and O–H groups in total. The van der Waals surface area contributed by atoms with Crippen molar-refractivity contribution in [2.75, 3.05) is 5.32 Å². The number of fused-ring (bicyclic) bond motifs is 1. The molecule has 1 heterocycles. The van der Waals surface area contributed by atoms with Crippen molar-refractivity contribution in [1.82, 2.24) is 4.72 Å². The van der Waals surface area contributed by atoms with E-state index in [1.54, 1.807) is 12.1 Å². The fraction of sp³-hybridized carbons (Fsp3) is 0.294. The number of rotatable bonds is 3. The number of hydrogen-bond acceptors (Lipinski definition) is 5. The SMILES string of the molecule is Cc1ccc(S(=O)(=O)NC(=O)Nc2sc3c(c2C#N)CCCC3)cc1. The number of anilines is 1. The zero-order chi connectivity index (χ0) is 18.0. The van der Waals surface area contributed by atoms with Crippen LogP contribution in [0.2, 0.25) is 0 Å². The Balaban J connectivity index is 1.78. The second-order valence-electron chi connectivity index (χ2n) is 5.90. The van der Waals surface area contributed by atoms with Crippen molar-refractivity contribution in [3.8, 4) is 6.07 Å². The number of benzene rings is 1. The number of hydrogen-bond donors (Lipinski definition) is 2. The van der Waals surface area contributed by atoms with Gasteiger partial charge >= 0.3 is 6.03 Å². The van der Waals surface area contributed by atoms with Gasteiger partial charge in [0.2, 0.25) is 0 Å². The van der Waals surface area contributed by atoms with Gasteiger partial charge in [-0.3, -0.25) is 5.32 Å². The molecule has 6 nitrogen and oxygen atoms in total. The van der Waals surface area contributed by atoms with Crippen LogP contribution in [0.1, 0.15) is 34.4 Å². The molecule has 1 aromatic heterocycles. The predicted octanol–water partition coefficient (Wildman–Crippen LogP) is 3.32. The van der Waals surface area contributed by atoms with Gasteiger partial charge in [0.25, 0.3) is 10.0 Å². The Morgan fingerprint density at radius 3 is 2.56 bits per heavy atom. The molecule has 0 atom stereocenters. The monoisotopic (exact) mass is 375 g/mol. The van der Waals surface area contributed by atoms with Crippen LogP contribution in [0.5, 0.6) is 0 Å². The van der Waals surface area contributed by atoms with Gasteiger partial charge in [-0.05, 0) is 50.3 Å². The summed E-state index contributed by atoms with van der Waals surface area (Å²) < 4.78 is 26.5. The maximum atomic E-state index is 12.3. The maximum Gasteiger partial charge on any atom is 0.333 e. The van der Waals surface area contributed by atoms with Crippen LogP contribution in [0, 0.1) is 18.3 Å². The minimum absolute atomic E-state index is 0.0132. The number of amides is 2. The molecule has 0 unspecified atom stereocenters. The Kier molecular flexibility index (Phi) is 4.79. The smallest absolute Gasteiger partial charge is 0.297 e. The van der Waals surface area contributed by atoms with E-state index in [1.807, 2.05) is 11.6 Å². The lowest BCUT2D eigenvalue weighted by Crippen LogP contribution is -2.34. The van der Waals surface area contributed by atoms with Gasteiger partial charge in [-0.25, -0.2) is 17.9 Å². The Morgan fingerprint density at radius 1 is 1.20 bits per heavy atom. The molecular weight excluding hydrogens is 358 g/mol. The topological polar surface area (TPSA) is 99.1 Å². The summed E-state index contributed by atoms with van der Waals surface area (Å²) in [4.78, 5) is 13.3. The summed E-state index contributed by atoms with van der Waals surface area (Å²) >= 11 is 1.35. The summed E-state index contributed by atoms with van der Waals surface area (Å²) in [6.45, 7) is 1.85. The number of sulfonamides is 1. The molecule has 1 aliphatic rings. The summed E-state index contributed by atoms with van der Waals surface area (Å²) in [6, 6.07) is 7.46. The van der Waals surface area contributed by atoms with Gasteiger partial charge in [0, 0.05) is 4.88 Å². The van der Waals surface area contributed by atoms with Crippen molar-refractivity contribution in [2.24, 2.45) is 0 Å². The zero-order valence-electron chi connectivity index (χ0n) is 13.6. The molecule has 1 aliphatic carbocycles. The first-order chi connectivity index (χ1) is 11.9. The number of carbonyl (C=O) groups is 1. The first-order valence-corrected chi connectivity index (χ1v) is 10.2. The van der Waals surface area contributed by atoms with Crippen molar-refractivity contribution in [2.45, 2.75) is 37.5 Å². The number of carbonyl (C=O) groups excluding carboxylic acids is 1. The Morgan fingerprint density at radius 2 is 1.88 bits per heavy atom. The fourth-order valence-electron chi connectivity index (χ4n) is 2.80. The molecular formula is C17H17N3O3S2. The molecule has 25 heavy (non-hydrogen) atoms. The first-order valence-electron chi connectivity index (χ1n) is 7.86. The molecule has 0 radical (unpaired) electrons. The molecule has 130 valence electrons. The van der Waals surface area contributed by atoms with Gasteiger partial charge in [-0.1, -0.05) is 17.7 Å². The third-order valence-electron chi connectivity index (χ3n) is 4.07. The van der Waals surface area contributed by atoms with Crippen LogP contribution < -0.4 is 10.0 Å². The molecule has 0 spiro atoms. The van der Waals surface area contributed by atoms with E-state index < -0.39 is 16.1 Å². The third kappa shape index (κ3) is 3.67. The maximum absolute atomic E-state index is 12.3. The van der Waals surface area contributed by atoms with Gasteiger partial charge in [0.15, 0.2) is 0 Å². The molecule has 8 heteroatoms. The van der Waals surface area contributed by atoms with Crippen molar-refractivity contribution in [3.05, 3.63) is 45.8 Å². The van der Waals surface area contributed by atoms with E-state index in [0.717, 1.165) is 41.7 Å². The number of nitriles is 1. The van der Waals surface area contributed by atoms with Gasteiger partial charge in [0.05, 0.1) is 10.5 Å². The predicted molar refractivity (Wildman–Crippen MR) is 96.2 cm³/mol. The summed E-state index contributed by atoms with van der Waals surface area (Å²) in [5.41, 5.74) is 2.35. The largest absolute Gasteiger partial charge is 0.333 e.